The molecule has 0 bridgehead atoms. The SMILES string of the molecule is COc1ccc2c(c1)C(CC(=O)c1ccncc1)=NC(C)(C)C2. The van der Waals surface area contributed by atoms with E-state index in [-0.39, 0.29) is 17.7 Å². The van der Waals surface area contributed by atoms with Gasteiger partial charge in [0.15, 0.2) is 5.78 Å². The minimum absolute atomic E-state index is 0.0534. The van der Waals surface area contributed by atoms with Crippen molar-refractivity contribution in [1.29, 1.82) is 0 Å². The summed E-state index contributed by atoms with van der Waals surface area (Å²) in [7, 11) is 1.65. The Hall–Kier alpha value is -2.49. The Morgan fingerprint density at radius 3 is 2.65 bits per heavy atom. The molecule has 1 aromatic carbocycles. The molecular weight excluding hydrogens is 288 g/mol. The number of benzene rings is 1. The van der Waals surface area contributed by atoms with Gasteiger partial charge in [-0.1, -0.05) is 6.07 Å². The molecule has 4 heteroatoms. The van der Waals surface area contributed by atoms with Crippen LogP contribution in [-0.2, 0) is 6.42 Å². The molecule has 2 aromatic rings. The Kier molecular flexibility index (Phi) is 3.99. The lowest BCUT2D eigenvalue weighted by Crippen LogP contribution is -2.30. The van der Waals surface area contributed by atoms with E-state index in [0.29, 0.717) is 5.56 Å². The highest BCUT2D eigenvalue weighted by Crippen LogP contribution is 2.30. The number of rotatable bonds is 4. The van der Waals surface area contributed by atoms with Crippen molar-refractivity contribution in [1.82, 2.24) is 4.98 Å². The maximum absolute atomic E-state index is 12.5. The van der Waals surface area contributed by atoms with Crippen LogP contribution < -0.4 is 4.74 Å². The zero-order chi connectivity index (χ0) is 16.4. The number of methoxy groups -OCH3 is 1. The molecule has 0 atom stereocenters. The van der Waals surface area contributed by atoms with E-state index >= 15 is 0 Å². The zero-order valence-corrected chi connectivity index (χ0v) is 13.7. The third-order valence-electron chi connectivity index (χ3n) is 4.02. The molecule has 3 rings (SSSR count). The van der Waals surface area contributed by atoms with E-state index in [2.05, 4.69) is 24.9 Å². The van der Waals surface area contributed by atoms with Gasteiger partial charge >= 0.3 is 0 Å². The molecule has 1 aromatic heterocycles. The van der Waals surface area contributed by atoms with Crippen molar-refractivity contribution in [3.63, 3.8) is 0 Å². The first-order valence-corrected chi connectivity index (χ1v) is 7.68. The zero-order valence-electron chi connectivity index (χ0n) is 13.7. The standard InChI is InChI=1S/C19H20N2O2/c1-19(2)12-14-4-5-15(23-3)10-16(14)17(21-19)11-18(22)13-6-8-20-9-7-13/h4-10H,11-12H2,1-3H3. The summed E-state index contributed by atoms with van der Waals surface area (Å²) in [5, 5.41) is 0. The number of pyridine rings is 1. The number of aromatic nitrogens is 1. The summed E-state index contributed by atoms with van der Waals surface area (Å²) >= 11 is 0. The van der Waals surface area contributed by atoms with Gasteiger partial charge in [0.2, 0.25) is 0 Å². The molecule has 0 fully saturated rings. The van der Waals surface area contributed by atoms with Crippen LogP contribution >= 0.6 is 0 Å². The summed E-state index contributed by atoms with van der Waals surface area (Å²) in [4.78, 5) is 21.3. The molecule has 1 aliphatic heterocycles. The molecule has 23 heavy (non-hydrogen) atoms. The predicted molar refractivity (Wildman–Crippen MR) is 90.5 cm³/mol. The molecule has 0 aliphatic carbocycles. The number of hydrogen-bond acceptors (Lipinski definition) is 4. The topological polar surface area (TPSA) is 51.5 Å². The molecule has 0 saturated heterocycles. The highest BCUT2D eigenvalue weighted by atomic mass is 16.5. The third-order valence-corrected chi connectivity index (χ3v) is 4.02. The van der Waals surface area contributed by atoms with Crippen LogP contribution in [0, 0.1) is 0 Å². The van der Waals surface area contributed by atoms with Crippen molar-refractivity contribution >= 4 is 11.5 Å². The highest BCUT2D eigenvalue weighted by Gasteiger charge is 2.28. The first-order valence-electron chi connectivity index (χ1n) is 7.68. The van der Waals surface area contributed by atoms with E-state index in [1.165, 1.54) is 5.56 Å². The average molecular weight is 308 g/mol. The second-order valence-electron chi connectivity index (χ2n) is 6.41. The molecule has 118 valence electrons. The van der Waals surface area contributed by atoms with Gasteiger partial charge in [-0.3, -0.25) is 14.8 Å². The molecule has 0 amide bonds. The summed E-state index contributed by atoms with van der Waals surface area (Å²) in [6.45, 7) is 4.19. The Labute approximate surface area is 136 Å². The van der Waals surface area contributed by atoms with E-state index in [1.54, 1.807) is 31.6 Å². The van der Waals surface area contributed by atoms with Gasteiger partial charge in [0.25, 0.3) is 0 Å². The number of fused-ring (bicyclic) bond motifs is 1. The Bertz CT molecular complexity index is 764. The van der Waals surface area contributed by atoms with E-state index < -0.39 is 0 Å². The average Bonchev–Trinajstić information content (AvgIpc) is 2.54. The Morgan fingerprint density at radius 1 is 1.22 bits per heavy atom. The van der Waals surface area contributed by atoms with Crippen molar-refractivity contribution < 1.29 is 9.53 Å². The van der Waals surface area contributed by atoms with E-state index in [0.717, 1.165) is 23.4 Å². The minimum Gasteiger partial charge on any atom is -0.497 e. The summed E-state index contributed by atoms with van der Waals surface area (Å²) in [5.41, 5.74) is 3.53. The first kappa shape index (κ1) is 15.4. The molecule has 0 saturated carbocycles. The van der Waals surface area contributed by atoms with E-state index in [9.17, 15) is 4.79 Å². The van der Waals surface area contributed by atoms with Crippen molar-refractivity contribution in [2.24, 2.45) is 4.99 Å². The summed E-state index contributed by atoms with van der Waals surface area (Å²) < 4.78 is 5.32. The van der Waals surface area contributed by atoms with Crippen molar-refractivity contribution in [3.05, 3.63) is 59.4 Å². The second-order valence-corrected chi connectivity index (χ2v) is 6.41. The Balaban J connectivity index is 1.97. The normalized spacial score (nSPS) is 15.5. The van der Waals surface area contributed by atoms with Crippen LogP contribution in [0.4, 0.5) is 0 Å². The van der Waals surface area contributed by atoms with Gasteiger partial charge in [0, 0.05) is 23.5 Å². The van der Waals surface area contributed by atoms with Gasteiger partial charge in [0.1, 0.15) is 5.75 Å². The molecule has 0 spiro atoms. The number of Topliss-reactive ketones (excluding diaryl/α,β-unsaturated/α-hetero) is 1. The van der Waals surface area contributed by atoms with E-state index in [1.807, 2.05) is 12.1 Å². The second kappa shape index (κ2) is 5.95. The smallest absolute Gasteiger partial charge is 0.168 e. The predicted octanol–water partition coefficient (Wildman–Crippen LogP) is 3.49. The molecule has 2 heterocycles. The molecule has 0 N–H and O–H groups in total. The number of ether oxygens (including phenoxy) is 1. The third kappa shape index (κ3) is 3.31. The summed E-state index contributed by atoms with van der Waals surface area (Å²) in [5.74, 6) is 0.838. The van der Waals surface area contributed by atoms with Gasteiger partial charge in [-0.2, -0.15) is 0 Å². The van der Waals surface area contributed by atoms with Gasteiger partial charge in [-0.15, -0.1) is 0 Å². The highest BCUT2D eigenvalue weighted by molar-refractivity contribution is 6.16. The van der Waals surface area contributed by atoms with Gasteiger partial charge in [-0.05, 0) is 50.1 Å². The van der Waals surface area contributed by atoms with Gasteiger partial charge < -0.3 is 4.74 Å². The minimum atomic E-state index is -0.199. The largest absolute Gasteiger partial charge is 0.497 e. The molecule has 4 nitrogen and oxygen atoms in total. The van der Waals surface area contributed by atoms with Crippen LogP contribution in [0.25, 0.3) is 0 Å². The fraction of sp³-hybridized carbons (Fsp3) is 0.316. The van der Waals surface area contributed by atoms with Crippen molar-refractivity contribution in [2.45, 2.75) is 32.2 Å². The number of carbonyl (C=O) groups is 1. The summed E-state index contributed by atoms with van der Waals surface area (Å²) in [6, 6.07) is 9.49. The lowest BCUT2D eigenvalue weighted by molar-refractivity contribution is 0.100. The Morgan fingerprint density at radius 2 is 1.96 bits per heavy atom. The van der Waals surface area contributed by atoms with Crippen LogP contribution in [0.3, 0.4) is 0 Å². The maximum Gasteiger partial charge on any atom is 0.168 e. The quantitative estimate of drug-likeness (QED) is 0.812. The molecule has 0 unspecified atom stereocenters. The lowest BCUT2D eigenvalue weighted by Gasteiger charge is -2.29. The maximum atomic E-state index is 12.5. The molecular formula is C19H20N2O2. The van der Waals surface area contributed by atoms with Crippen LogP contribution in [-0.4, -0.2) is 29.1 Å². The fourth-order valence-corrected chi connectivity index (χ4v) is 2.96. The lowest BCUT2D eigenvalue weighted by atomic mass is 9.85. The first-order chi connectivity index (χ1) is 11.0. The number of carbonyl (C=O) groups excluding carboxylic acids is 1. The van der Waals surface area contributed by atoms with Gasteiger partial charge in [-0.25, -0.2) is 0 Å². The van der Waals surface area contributed by atoms with Gasteiger partial charge in [0.05, 0.1) is 24.8 Å². The van der Waals surface area contributed by atoms with Crippen LogP contribution in [0.2, 0.25) is 0 Å². The van der Waals surface area contributed by atoms with Crippen LogP contribution in [0.15, 0.2) is 47.7 Å². The van der Waals surface area contributed by atoms with Crippen molar-refractivity contribution in [2.75, 3.05) is 7.11 Å². The number of ketones is 1. The molecule has 1 aliphatic rings. The van der Waals surface area contributed by atoms with Crippen LogP contribution in [0.1, 0.15) is 41.8 Å². The molecule has 0 radical (unpaired) electrons. The van der Waals surface area contributed by atoms with Crippen molar-refractivity contribution in [3.8, 4) is 5.75 Å². The monoisotopic (exact) mass is 308 g/mol. The number of hydrogen-bond donors (Lipinski definition) is 0. The number of nitrogens with zero attached hydrogens (tertiary/aromatic N) is 2. The summed E-state index contributed by atoms with van der Waals surface area (Å²) in [6.07, 6.45) is 4.42. The fourth-order valence-electron chi connectivity index (χ4n) is 2.96. The number of aliphatic imine (C=N–C) groups is 1. The van der Waals surface area contributed by atoms with Crippen LogP contribution in [0.5, 0.6) is 5.75 Å². The van der Waals surface area contributed by atoms with E-state index in [4.69, 9.17) is 9.73 Å².